The highest BCUT2D eigenvalue weighted by Crippen LogP contribution is 2.23. The largest absolute Gasteiger partial charge is 0.494 e. The SMILES string of the molecule is OCCN(Cc1ccc2cc(OCCCCCc3ccccc3)ccc2c1)Cc1nccs1. The fraction of sp³-hybridized carbons (Fsp3) is 0.321. The van der Waals surface area contributed by atoms with Gasteiger partial charge in [0.05, 0.1) is 19.8 Å². The van der Waals surface area contributed by atoms with Gasteiger partial charge in [0.2, 0.25) is 0 Å². The van der Waals surface area contributed by atoms with E-state index < -0.39 is 0 Å². The van der Waals surface area contributed by atoms with Gasteiger partial charge in [-0.1, -0.05) is 48.5 Å². The molecule has 3 aromatic carbocycles. The lowest BCUT2D eigenvalue weighted by atomic mass is 10.1. The molecule has 0 atom stereocenters. The molecule has 4 aromatic rings. The molecular weight excluding hydrogens is 428 g/mol. The fourth-order valence-corrected chi connectivity index (χ4v) is 4.70. The molecule has 0 saturated carbocycles. The Balaban J connectivity index is 1.26. The van der Waals surface area contributed by atoms with Crippen LogP contribution in [0.5, 0.6) is 5.75 Å². The molecule has 0 unspecified atom stereocenters. The number of hydrogen-bond acceptors (Lipinski definition) is 5. The summed E-state index contributed by atoms with van der Waals surface area (Å²) in [6.07, 6.45) is 6.42. The third-order valence-electron chi connectivity index (χ3n) is 5.76. The lowest BCUT2D eigenvalue weighted by Crippen LogP contribution is -2.26. The Morgan fingerprint density at radius 2 is 1.70 bits per heavy atom. The zero-order valence-corrected chi connectivity index (χ0v) is 19.8. The molecule has 1 heterocycles. The molecule has 0 aliphatic heterocycles. The quantitative estimate of drug-likeness (QED) is 0.246. The van der Waals surface area contributed by atoms with Gasteiger partial charge in [-0.2, -0.15) is 0 Å². The maximum atomic E-state index is 9.44. The molecule has 0 saturated heterocycles. The monoisotopic (exact) mass is 460 g/mol. The van der Waals surface area contributed by atoms with Crippen LogP contribution in [0.15, 0.2) is 78.3 Å². The van der Waals surface area contributed by atoms with Gasteiger partial charge >= 0.3 is 0 Å². The first kappa shape index (κ1) is 23.4. The fourth-order valence-electron chi connectivity index (χ4n) is 4.04. The summed E-state index contributed by atoms with van der Waals surface area (Å²) in [7, 11) is 0. The number of nitrogens with zero attached hydrogens (tertiary/aromatic N) is 2. The van der Waals surface area contributed by atoms with Crippen LogP contribution in [0.4, 0.5) is 0 Å². The van der Waals surface area contributed by atoms with Crippen molar-refractivity contribution in [1.82, 2.24) is 9.88 Å². The summed E-state index contributed by atoms with van der Waals surface area (Å²) in [6.45, 7) is 3.08. The Labute approximate surface area is 200 Å². The molecule has 0 spiro atoms. The Morgan fingerprint density at radius 3 is 2.52 bits per heavy atom. The summed E-state index contributed by atoms with van der Waals surface area (Å²) < 4.78 is 6.01. The van der Waals surface area contributed by atoms with E-state index in [4.69, 9.17) is 4.74 Å². The van der Waals surface area contributed by atoms with Crippen LogP contribution in [0.1, 0.15) is 35.4 Å². The molecule has 4 rings (SSSR count). The minimum absolute atomic E-state index is 0.145. The molecule has 0 amide bonds. The first-order chi connectivity index (χ1) is 16.3. The van der Waals surface area contributed by atoms with Crippen molar-refractivity contribution >= 4 is 22.1 Å². The number of unbranched alkanes of at least 4 members (excludes halogenated alkanes) is 2. The van der Waals surface area contributed by atoms with Crippen LogP contribution in [0.3, 0.4) is 0 Å². The lowest BCUT2D eigenvalue weighted by molar-refractivity contribution is 0.184. The van der Waals surface area contributed by atoms with E-state index in [1.807, 2.05) is 11.6 Å². The second kappa shape index (κ2) is 12.5. The number of fused-ring (bicyclic) bond motifs is 1. The zero-order chi connectivity index (χ0) is 22.7. The van der Waals surface area contributed by atoms with Gasteiger partial charge in [-0.05, 0) is 65.8 Å². The molecule has 1 aromatic heterocycles. The molecule has 0 fully saturated rings. The summed E-state index contributed by atoms with van der Waals surface area (Å²) in [5, 5.41) is 14.9. The summed E-state index contributed by atoms with van der Waals surface area (Å²) in [5.74, 6) is 0.934. The zero-order valence-electron chi connectivity index (χ0n) is 19.0. The third-order valence-corrected chi connectivity index (χ3v) is 6.53. The predicted octanol–water partition coefficient (Wildman–Crippen LogP) is 6.08. The number of aromatic nitrogens is 1. The molecule has 33 heavy (non-hydrogen) atoms. The van der Waals surface area contributed by atoms with Crippen molar-refractivity contribution in [2.45, 2.75) is 38.8 Å². The summed E-state index contributed by atoms with van der Waals surface area (Å²) in [5.41, 5.74) is 2.65. The van der Waals surface area contributed by atoms with Gasteiger partial charge in [-0.15, -0.1) is 11.3 Å². The van der Waals surface area contributed by atoms with Crippen LogP contribution in [-0.2, 0) is 19.5 Å². The number of thiazole rings is 1. The van der Waals surface area contributed by atoms with Crippen LogP contribution < -0.4 is 4.74 Å². The molecule has 0 bridgehead atoms. The van der Waals surface area contributed by atoms with E-state index in [0.29, 0.717) is 6.54 Å². The third kappa shape index (κ3) is 7.39. The second-order valence-corrected chi connectivity index (χ2v) is 9.33. The van der Waals surface area contributed by atoms with E-state index in [9.17, 15) is 5.11 Å². The summed E-state index contributed by atoms with van der Waals surface area (Å²) in [6, 6.07) is 23.6. The number of aliphatic hydroxyl groups excluding tert-OH is 1. The van der Waals surface area contributed by atoms with E-state index in [0.717, 1.165) is 43.3 Å². The average molecular weight is 461 g/mol. The summed E-state index contributed by atoms with van der Waals surface area (Å²) >= 11 is 1.65. The number of ether oxygens (including phenoxy) is 1. The molecular formula is C28H32N2O2S. The van der Waals surface area contributed by atoms with Crippen LogP contribution in [0, 0.1) is 0 Å². The van der Waals surface area contributed by atoms with Gasteiger partial charge < -0.3 is 9.84 Å². The maximum absolute atomic E-state index is 9.44. The van der Waals surface area contributed by atoms with E-state index in [1.54, 1.807) is 11.3 Å². The van der Waals surface area contributed by atoms with E-state index in [2.05, 4.69) is 76.6 Å². The van der Waals surface area contributed by atoms with Crippen molar-refractivity contribution in [2.75, 3.05) is 19.8 Å². The highest BCUT2D eigenvalue weighted by Gasteiger charge is 2.09. The first-order valence-corrected chi connectivity index (χ1v) is 12.6. The van der Waals surface area contributed by atoms with Gasteiger partial charge in [0.25, 0.3) is 0 Å². The highest BCUT2D eigenvalue weighted by atomic mass is 32.1. The first-order valence-electron chi connectivity index (χ1n) is 11.7. The van der Waals surface area contributed by atoms with Crippen molar-refractivity contribution in [3.63, 3.8) is 0 Å². The summed E-state index contributed by atoms with van der Waals surface area (Å²) in [4.78, 5) is 6.61. The van der Waals surface area contributed by atoms with E-state index in [1.165, 1.54) is 34.7 Å². The van der Waals surface area contributed by atoms with Gasteiger partial charge in [0.1, 0.15) is 10.8 Å². The van der Waals surface area contributed by atoms with Gasteiger partial charge in [0, 0.05) is 24.7 Å². The lowest BCUT2D eigenvalue weighted by Gasteiger charge is -2.20. The topological polar surface area (TPSA) is 45.6 Å². The average Bonchev–Trinajstić information content (AvgIpc) is 3.35. The molecule has 0 aliphatic rings. The van der Waals surface area contributed by atoms with Crippen molar-refractivity contribution in [3.8, 4) is 5.75 Å². The smallest absolute Gasteiger partial charge is 0.119 e. The molecule has 1 N–H and O–H groups in total. The number of hydrogen-bond donors (Lipinski definition) is 1. The minimum Gasteiger partial charge on any atom is -0.494 e. The minimum atomic E-state index is 0.145. The van der Waals surface area contributed by atoms with Crippen molar-refractivity contribution in [3.05, 3.63) is 94.4 Å². The molecule has 0 radical (unpaired) electrons. The van der Waals surface area contributed by atoms with Gasteiger partial charge in [0.15, 0.2) is 0 Å². The Morgan fingerprint density at radius 1 is 0.848 bits per heavy atom. The highest BCUT2D eigenvalue weighted by molar-refractivity contribution is 7.09. The Kier molecular flexibility index (Phi) is 8.87. The number of rotatable bonds is 13. The van der Waals surface area contributed by atoms with Crippen molar-refractivity contribution in [2.24, 2.45) is 0 Å². The van der Waals surface area contributed by atoms with Gasteiger partial charge in [-0.25, -0.2) is 4.98 Å². The molecule has 172 valence electrons. The standard InChI is InChI=1S/C28H32N2O2S/c31-16-15-30(22-28-29-14-18-33-28)21-24-10-11-26-20-27(13-12-25(26)19-24)32-17-6-2-5-9-23-7-3-1-4-8-23/h1,3-4,7-8,10-14,18-20,31H,2,5-6,9,15-17,21-22H2. The number of aliphatic hydroxyl groups is 1. The maximum Gasteiger partial charge on any atom is 0.119 e. The van der Waals surface area contributed by atoms with Crippen molar-refractivity contribution in [1.29, 1.82) is 0 Å². The normalized spacial score (nSPS) is 11.3. The predicted molar refractivity (Wildman–Crippen MR) is 137 cm³/mol. The van der Waals surface area contributed by atoms with E-state index in [-0.39, 0.29) is 6.61 Å². The van der Waals surface area contributed by atoms with Crippen molar-refractivity contribution < 1.29 is 9.84 Å². The Hall–Kier alpha value is -2.73. The molecule has 0 aliphatic carbocycles. The van der Waals surface area contributed by atoms with Crippen LogP contribution in [0.2, 0.25) is 0 Å². The Bertz CT molecular complexity index is 1100. The van der Waals surface area contributed by atoms with Gasteiger partial charge in [-0.3, -0.25) is 4.90 Å². The molecule has 4 nitrogen and oxygen atoms in total. The van der Waals surface area contributed by atoms with E-state index >= 15 is 0 Å². The second-order valence-electron chi connectivity index (χ2n) is 8.35. The number of aryl methyl sites for hydroxylation is 1. The molecule has 5 heteroatoms. The van der Waals surface area contributed by atoms with Crippen LogP contribution in [0.25, 0.3) is 10.8 Å². The number of benzene rings is 3. The van der Waals surface area contributed by atoms with Crippen LogP contribution in [-0.4, -0.2) is 34.7 Å². The van der Waals surface area contributed by atoms with Crippen LogP contribution >= 0.6 is 11.3 Å².